The van der Waals surface area contributed by atoms with E-state index in [1.807, 2.05) is 61.5 Å². The molecule has 0 unspecified atom stereocenters. The van der Waals surface area contributed by atoms with E-state index in [0.717, 1.165) is 28.0 Å². The van der Waals surface area contributed by atoms with Crippen LogP contribution in [0.4, 0.5) is 11.4 Å². The number of carbonyl (C=O) groups is 1. The number of benzene rings is 2. The first-order valence-electron chi connectivity index (χ1n) is 8.93. The summed E-state index contributed by atoms with van der Waals surface area (Å²) < 4.78 is 5.26. The molecule has 0 bridgehead atoms. The molecule has 4 aromatic rings. The predicted molar refractivity (Wildman–Crippen MR) is 116 cm³/mol. The summed E-state index contributed by atoms with van der Waals surface area (Å²) in [5.41, 5.74) is 4.03. The highest BCUT2D eigenvalue weighted by atomic mass is 32.2. The minimum Gasteiger partial charge on any atom is -0.497 e. The molecule has 0 atom stereocenters. The normalized spacial score (nSPS) is 11.0. The Kier molecular flexibility index (Phi) is 5.22. The highest BCUT2D eigenvalue weighted by Gasteiger charge is 2.12. The van der Waals surface area contributed by atoms with Crippen LogP contribution in [0, 0.1) is 0 Å². The lowest BCUT2D eigenvalue weighted by atomic mass is 10.2. The van der Waals surface area contributed by atoms with Gasteiger partial charge in [-0.2, -0.15) is 0 Å². The van der Waals surface area contributed by atoms with Crippen molar-refractivity contribution in [1.29, 1.82) is 0 Å². The lowest BCUT2D eigenvalue weighted by Crippen LogP contribution is -2.14. The van der Waals surface area contributed by atoms with E-state index >= 15 is 0 Å². The first-order valence-corrected chi connectivity index (χ1v) is 9.92. The highest BCUT2D eigenvalue weighted by molar-refractivity contribution is 7.99. The summed E-state index contributed by atoms with van der Waals surface area (Å²) in [6.45, 7) is 0. The summed E-state index contributed by atoms with van der Waals surface area (Å²) >= 11 is 1.24. The van der Waals surface area contributed by atoms with Gasteiger partial charge in [-0.3, -0.25) is 4.79 Å². The maximum absolute atomic E-state index is 12.2. The molecule has 4 rings (SSSR count). The number of nitrogens with zero attached hydrogens (tertiary/aromatic N) is 4. The van der Waals surface area contributed by atoms with Gasteiger partial charge >= 0.3 is 0 Å². The van der Waals surface area contributed by atoms with Gasteiger partial charge < -0.3 is 19.9 Å². The molecular formula is C20H20N6O2S. The third-order valence-electron chi connectivity index (χ3n) is 4.40. The molecule has 0 saturated carbocycles. The Balaban J connectivity index is 1.43. The monoisotopic (exact) mass is 408 g/mol. The summed E-state index contributed by atoms with van der Waals surface area (Å²) in [7, 11) is 5.56. The Morgan fingerprint density at radius 1 is 1.17 bits per heavy atom. The molecule has 0 aliphatic carbocycles. The Bertz CT molecular complexity index is 1170. The van der Waals surface area contributed by atoms with E-state index in [9.17, 15) is 4.79 Å². The van der Waals surface area contributed by atoms with Crippen molar-refractivity contribution >= 4 is 51.1 Å². The SMILES string of the molecule is COc1ccc2[nH]c3nc(SCC(=O)Nc4ccc(N(C)C)cc4)nnc3c2c1. The number of anilines is 2. The van der Waals surface area contributed by atoms with Crippen molar-refractivity contribution in [1.82, 2.24) is 20.2 Å². The average Bonchev–Trinajstić information content (AvgIpc) is 3.09. The van der Waals surface area contributed by atoms with Crippen LogP contribution < -0.4 is 15.0 Å². The van der Waals surface area contributed by atoms with E-state index in [1.165, 1.54) is 11.8 Å². The molecule has 0 fully saturated rings. The van der Waals surface area contributed by atoms with Crippen molar-refractivity contribution in [2.75, 3.05) is 37.2 Å². The number of ether oxygens (including phenoxy) is 1. The Labute approximate surface area is 171 Å². The number of methoxy groups -OCH3 is 1. The van der Waals surface area contributed by atoms with E-state index < -0.39 is 0 Å². The third-order valence-corrected chi connectivity index (χ3v) is 5.24. The number of hydrogen-bond donors (Lipinski definition) is 2. The van der Waals surface area contributed by atoms with Crippen molar-refractivity contribution in [3.8, 4) is 5.75 Å². The van der Waals surface area contributed by atoms with Gasteiger partial charge in [-0.1, -0.05) is 11.8 Å². The molecule has 9 heteroatoms. The molecule has 0 spiro atoms. The second-order valence-electron chi connectivity index (χ2n) is 6.61. The van der Waals surface area contributed by atoms with Crippen LogP contribution in [0.2, 0.25) is 0 Å². The van der Waals surface area contributed by atoms with Gasteiger partial charge in [0.25, 0.3) is 0 Å². The molecule has 0 aliphatic heterocycles. The van der Waals surface area contributed by atoms with Gasteiger partial charge in [0, 0.05) is 36.4 Å². The van der Waals surface area contributed by atoms with Gasteiger partial charge in [0.2, 0.25) is 11.1 Å². The first-order chi connectivity index (χ1) is 14.0. The summed E-state index contributed by atoms with van der Waals surface area (Å²) in [4.78, 5) is 22.0. The van der Waals surface area contributed by atoms with Crippen molar-refractivity contribution < 1.29 is 9.53 Å². The van der Waals surface area contributed by atoms with Gasteiger partial charge in [-0.25, -0.2) is 4.98 Å². The van der Waals surface area contributed by atoms with Crippen molar-refractivity contribution in [2.45, 2.75) is 5.16 Å². The van der Waals surface area contributed by atoms with E-state index in [2.05, 4.69) is 25.5 Å². The molecule has 2 aromatic carbocycles. The number of thioether (sulfide) groups is 1. The van der Waals surface area contributed by atoms with Crippen molar-refractivity contribution in [3.63, 3.8) is 0 Å². The lowest BCUT2D eigenvalue weighted by Gasteiger charge is -2.12. The number of nitrogens with one attached hydrogen (secondary N) is 2. The molecule has 0 saturated heterocycles. The zero-order valence-electron chi connectivity index (χ0n) is 16.3. The van der Waals surface area contributed by atoms with E-state index in [0.29, 0.717) is 16.3 Å². The molecule has 0 aliphatic rings. The fourth-order valence-electron chi connectivity index (χ4n) is 2.89. The fraction of sp³-hybridized carbons (Fsp3) is 0.200. The van der Waals surface area contributed by atoms with E-state index in [-0.39, 0.29) is 11.7 Å². The minimum absolute atomic E-state index is 0.127. The molecule has 2 heterocycles. The number of aromatic nitrogens is 4. The van der Waals surface area contributed by atoms with Crippen LogP contribution in [-0.4, -0.2) is 53.0 Å². The molecule has 0 radical (unpaired) electrons. The van der Waals surface area contributed by atoms with Crippen LogP contribution in [0.3, 0.4) is 0 Å². The first kappa shape index (κ1) is 19.0. The number of hydrogen-bond acceptors (Lipinski definition) is 7. The number of rotatable bonds is 6. The molecule has 8 nitrogen and oxygen atoms in total. The zero-order chi connectivity index (χ0) is 20.4. The molecule has 148 valence electrons. The molecular weight excluding hydrogens is 388 g/mol. The van der Waals surface area contributed by atoms with Gasteiger partial charge in [0.1, 0.15) is 11.3 Å². The van der Waals surface area contributed by atoms with Crippen LogP contribution in [0.5, 0.6) is 5.75 Å². The Morgan fingerprint density at radius 3 is 2.69 bits per heavy atom. The second kappa shape index (κ2) is 7.96. The topological polar surface area (TPSA) is 96.0 Å². The predicted octanol–water partition coefficient (Wildman–Crippen LogP) is 3.31. The number of amides is 1. The lowest BCUT2D eigenvalue weighted by molar-refractivity contribution is -0.113. The Morgan fingerprint density at radius 2 is 1.97 bits per heavy atom. The number of fused-ring (bicyclic) bond motifs is 3. The van der Waals surface area contributed by atoms with Crippen LogP contribution in [-0.2, 0) is 4.79 Å². The zero-order valence-corrected chi connectivity index (χ0v) is 17.1. The quantitative estimate of drug-likeness (QED) is 0.473. The third kappa shape index (κ3) is 4.09. The van der Waals surface area contributed by atoms with Crippen LogP contribution in [0.1, 0.15) is 0 Å². The summed E-state index contributed by atoms with van der Waals surface area (Å²) in [5.74, 6) is 0.808. The van der Waals surface area contributed by atoms with Crippen LogP contribution in [0.15, 0.2) is 47.6 Å². The van der Waals surface area contributed by atoms with Gasteiger partial charge in [-0.05, 0) is 42.5 Å². The average molecular weight is 408 g/mol. The van der Waals surface area contributed by atoms with Gasteiger partial charge in [-0.15, -0.1) is 10.2 Å². The number of H-pyrrole nitrogens is 1. The van der Waals surface area contributed by atoms with Crippen molar-refractivity contribution in [2.24, 2.45) is 0 Å². The summed E-state index contributed by atoms with van der Waals surface area (Å²) in [5, 5.41) is 12.6. The van der Waals surface area contributed by atoms with E-state index in [4.69, 9.17) is 4.74 Å². The maximum atomic E-state index is 12.2. The van der Waals surface area contributed by atoms with Gasteiger partial charge in [0.05, 0.1) is 12.9 Å². The second-order valence-corrected chi connectivity index (χ2v) is 7.55. The number of aromatic amines is 1. The Hall–Kier alpha value is -3.33. The van der Waals surface area contributed by atoms with Crippen LogP contribution in [0.25, 0.3) is 22.1 Å². The molecule has 2 N–H and O–H groups in total. The number of carbonyl (C=O) groups excluding carboxylic acids is 1. The van der Waals surface area contributed by atoms with Crippen molar-refractivity contribution in [3.05, 3.63) is 42.5 Å². The van der Waals surface area contributed by atoms with Gasteiger partial charge in [0.15, 0.2) is 5.65 Å². The fourth-order valence-corrected chi connectivity index (χ4v) is 3.48. The maximum Gasteiger partial charge on any atom is 0.234 e. The molecule has 29 heavy (non-hydrogen) atoms. The standard InChI is InChI=1S/C20H20N6O2S/c1-26(2)13-6-4-12(5-7-13)21-17(27)11-29-20-23-19-18(24-25-20)15-10-14(28-3)8-9-16(15)22-19/h4-10H,11H2,1-3H3,(H,21,27)(H,22,23,25). The van der Waals surface area contributed by atoms with E-state index in [1.54, 1.807) is 7.11 Å². The highest BCUT2D eigenvalue weighted by Crippen LogP contribution is 2.27. The summed E-state index contributed by atoms with van der Waals surface area (Å²) in [6.07, 6.45) is 0. The summed E-state index contributed by atoms with van der Waals surface area (Å²) in [6, 6.07) is 13.3. The molecule has 2 aromatic heterocycles. The minimum atomic E-state index is -0.127. The smallest absolute Gasteiger partial charge is 0.234 e. The largest absolute Gasteiger partial charge is 0.497 e. The van der Waals surface area contributed by atoms with Crippen LogP contribution >= 0.6 is 11.8 Å². The molecule has 1 amide bonds.